The first-order valence-corrected chi connectivity index (χ1v) is 5.80. The third-order valence-corrected chi connectivity index (χ3v) is 2.98. The second-order valence-corrected chi connectivity index (χ2v) is 4.27. The minimum Gasteiger partial charge on any atom is -0.380 e. The van der Waals surface area contributed by atoms with Gasteiger partial charge in [0.15, 0.2) is 0 Å². The Labute approximate surface area is 101 Å². The molecule has 0 spiro atoms. The molecular weight excluding hydrogens is 208 g/mol. The maximum atomic E-state index is 4.56. The first kappa shape index (κ1) is 10.1. The molecule has 0 saturated heterocycles. The van der Waals surface area contributed by atoms with Crippen LogP contribution in [0.3, 0.4) is 0 Å². The summed E-state index contributed by atoms with van der Waals surface area (Å²) in [7, 11) is 0. The van der Waals surface area contributed by atoms with Gasteiger partial charge in [-0.15, -0.1) is 0 Å². The summed E-state index contributed by atoms with van der Waals surface area (Å²) in [6.07, 6.45) is 2.22. The van der Waals surface area contributed by atoms with E-state index in [0.717, 1.165) is 17.9 Å². The average molecular weight is 222 g/mol. The third-order valence-electron chi connectivity index (χ3n) is 2.98. The minimum absolute atomic E-state index is 0.841. The number of aromatic nitrogens is 1. The molecule has 3 rings (SSSR count). The normalized spacial score (nSPS) is 13.6. The number of hydrogen-bond acceptors (Lipinski definition) is 2. The lowest BCUT2D eigenvalue weighted by molar-refractivity contribution is 1.15. The highest BCUT2D eigenvalue weighted by molar-refractivity contribution is 5.89. The largest absolute Gasteiger partial charge is 0.380 e. The van der Waals surface area contributed by atoms with Crippen molar-refractivity contribution in [1.82, 2.24) is 4.98 Å². The van der Waals surface area contributed by atoms with Crippen molar-refractivity contribution in [1.29, 1.82) is 0 Å². The molecule has 2 nitrogen and oxygen atoms in total. The zero-order valence-corrected chi connectivity index (χ0v) is 9.77. The lowest BCUT2D eigenvalue weighted by Crippen LogP contribution is -2.10. The van der Waals surface area contributed by atoms with Crippen molar-refractivity contribution in [3.05, 3.63) is 59.4 Å². The maximum absolute atomic E-state index is 4.56. The average Bonchev–Trinajstić information content (AvgIpc) is 2.38. The Morgan fingerprint density at radius 3 is 2.82 bits per heavy atom. The molecule has 1 aliphatic rings. The van der Waals surface area contributed by atoms with Gasteiger partial charge in [0.2, 0.25) is 0 Å². The van der Waals surface area contributed by atoms with Gasteiger partial charge >= 0.3 is 0 Å². The van der Waals surface area contributed by atoms with E-state index in [2.05, 4.69) is 52.8 Å². The number of aryl methyl sites for hydroxylation is 1. The molecule has 0 aliphatic carbocycles. The fourth-order valence-corrected chi connectivity index (χ4v) is 2.10. The van der Waals surface area contributed by atoms with E-state index in [1.165, 1.54) is 16.8 Å². The molecule has 0 unspecified atom stereocenters. The summed E-state index contributed by atoms with van der Waals surface area (Å²) in [5.41, 5.74) is 5.79. The van der Waals surface area contributed by atoms with E-state index in [4.69, 9.17) is 0 Å². The van der Waals surface area contributed by atoms with Gasteiger partial charge in [-0.1, -0.05) is 24.3 Å². The van der Waals surface area contributed by atoms with E-state index >= 15 is 0 Å². The van der Waals surface area contributed by atoms with Crippen LogP contribution in [-0.4, -0.2) is 11.5 Å². The van der Waals surface area contributed by atoms with E-state index in [1.54, 1.807) is 0 Å². The van der Waals surface area contributed by atoms with Crippen LogP contribution in [0, 0.1) is 6.92 Å². The van der Waals surface area contributed by atoms with Crippen molar-refractivity contribution >= 4 is 17.3 Å². The number of fused-ring (bicyclic) bond motifs is 1. The van der Waals surface area contributed by atoms with E-state index < -0.39 is 0 Å². The van der Waals surface area contributed by atoms with Crippen LogP contribution >= 0.6 is 0 Å². The van der Waals surface area contributed by atoms with E-state index in [-0.39, 0.29) is 0 Å². The number of benzene rings is 1. The highest BCUT2D eigenvalue weighted by atomic mass is 14.9. The standard InChI is InChI=1S/C15H14N2/c1-11-5-4-8-15(17-11)13-9-12-6-2-3-7-14(12)16-10-13/h2-9,16H,10H2,1H3. The molecule has 1 aromatic carbocycles. The Morgan fingerprint density at radius 2 is 1.94 bits per heavy atom. The van der Waals surface area contributed by atoms with Crippen molar-refractivity contribution < 1.29 is 0 Å². The van der Waals surface area contributed by atoms with Gasteiger partial charge in [-0.3, -0.25) is 4.98 Å². The van der Waals surface area contributed by atoms with Crippen molar-refractivity contribution in [2.24, 2.45) is 0 Å². The van der Waals surface area contributed by atoms with Gasteiger partial charge in [0.05, 0.1) is 5.69 Å². The van der Waals surface area contributed by atoms with Crippen molar-refractivity contribution in [2.75, 3.05) is 11.9 Å². The summed E-state index contributed by atoms with van der Waals surface area (Å²) in [6, 6.07) is 14.5. The minimum atomic E-state index is 0.841. The summed E-state index contributed by atoms with van der Waals surface area (Å²) in [5.74, 6) is 0. The monoisotopic (exact) mass is 222 g/mol. The highest BCUT2D eigenvalue weighted by Crippen LogP contribution is 2.27. The molecule has 0 bridgehead atoms. The van der Waals surface area contributed by atoms with Crippen LogP contribution < -0.4 is 5.32 Å². The van der Waals surface area contributed by atoms with Crippen LogP contribution in [0.5, 0.6) is 0 Å². The van der Waals surface area contributed by atoms with E-state index in [9.17, 15) is 0 Å². The van der Waals surface area contributed by atoms with Gasteiger partial charge in [0, 0.05) is 17.9 Å². The summed E-state index contributed by atoms with van der Waals surface area (Å²) < 4.78 is 0. The van der Waals surface area contributed by atoms with Crippen LogP contribution in [0.2, 0.25) is 0 Å². The molecule has 2 heterocycles. The zero-order valence-electron chi connectivity index (χ0n) is 9.77. The molecule has 1 N–H and O–H groups in total. The lowest BCUT2D eigenvalue weighted by Gasteiger charge is -2.18. The highest BCUT2D eigenvalue weighted by Gasteiger charge is 2.11. The molecule has 84 valence electrons. The van der Waals surface area contributed by atoms with Gasteiger partial charge in [-0.25, -0.2) is 0 Å². The summed E-state index contributed by atoms with van der Waals surface area (Å²) in [6.45, 7) is 2.86. The molecule has 2 heteroatoms. The van der Waals surface area contributed by atoms with Crippen LogP contribution in [0.15, 0.2) is 42.5 Å². The molecular formula is C15H14N2. The number of nitrogens with zero attached hydrogens (tertiary/aromatic N) is 1. The zero-order chi connectivity index (χ0) is 11.7. The quantitative estimate of drug-likeness (QED) is 0.800. The van der Waals surface area contributed by atoms with Crippen molar-refractivity contribution in [3.8, 4) is 0 Å². The molecule has 0 fully saturated rings. The Hall–Kier alpha value is -2.09. The smallest absolute Gasteiger partial charge is 0.0682 e. The predicted molar refractivity (Wildman–Crippen MR) is 71.8 cm³/mol. The maximum Gasteiger partial charge on any atom is 0.0682 e. The van der Waals surface area contributed by atoms with E-state index in [1.807, 2.05) is 13.0 Å². The predicted octanol–water partition coefficient (Wildman–Crippen LogP) is 3.36. The Morgan fingerprint density at radius 1 is 1.06 bits per heavy atom. The summed E-state index contributed by atoms with van der Waals surface area (Å²) >= 11 is 0. The topological polar surface area (TPSA) is 24.9 Å². The summed E-state index contributed by atoms with van der Waals surface area (Å²) in [4.78, 5) is 4.56. The molecule has 2 aromatic rings. The number of pyridine rings is 1. The van der Waals surface area contributed by atoms with Crippen LogP contribution in [-0.2, 0) is 0 Å². The molecule has 0 atom stereocenters. The van der Waals surface area contributed by atoms with Gasteiger partial charge < -0.3 is 5.32 Å². The Bertz CT molecular complexity index is 585. The summed E-state index contributed by atoms with van der Waals surface area (Å²) in [5, 5.41) is 3.42. The van der Waals surface area contributed by atoms with Gasteiger partial charge in [-0.2, -0.15) is 0 Å². The molecule has 17 heavy (non-hydrogen) atoms. The van der Waals surface area contributed by atoms with Gasteiger partial charge in [-0.05, 0) is 42.3 Å². The number of para-hydroxylation sites is 1. The lowest BCUT2D eigenvalue weighted by atomic mass is 10.0. The molecule has 1 aliphatic heterocycles. The molecule has 1 aromatic heterocycles. The molecule has 0 saturated carbocycles. The van der Waals surface area contributed by atoms with Crippen molar-refractivity contribution in [2.45, 2.75) is 6.92 Å². The number of nitrogens with one attached hydrogen (secondary N) is 1. The third kappa shape index (κ3) is 1.94. The van der Waals surface area contributed by atoms with Crippen LogP contribution in [0.25, 0.3) is 11.6 Å². The first-order valence-electron chi connectivity index (χ1n) is 5.80. The van der Waals surface area contributed by atoms with Gasteiger partial charge in [0.25, 0.3) is 0 Å². The van der Waals surface area contributed by atoms with Crippen molar-refractivity contribution in [3.63, 3.8) is 0 Å². The van der Waals surface area contributed by atoms with Crippen LogP contribution in [0.4, 0.5) is 5.69 Å². The second kappa shape index (κ2) is 4.06. The molecule has 0 radical (unpaired) electrons. The molecule has 0 amide bonds. The van der Waals surface area contributed by atoms with Gasteiger partial charge in [0.1, 0.15) is 0 Å². The number of hydrogen-bond donors (Lipinski definition) is 1. The van der Waals surface area contributed by atoms with E-state index in [0.29, 0.717) is 0 Å². The first-order chi connectivity index (χ1) is 8.33. The fraction of sp³-hybridized carbons (Fsp3) is 0.133. The number of rotatable bonds is 1. The Balaban J connectivity index is 2.04. The second-order valence-electron chi connectivity index (χ2n) is 4.27. The Kier molecular flexibility index (Phi) is 2.41. The fourth-order valence-electron chi connectivity index (χ4n) is 2.10. The van der Waals surface area contributed by atoms with Crippen LogP contribution in [0.1, 0.15) is 17.0 Å². The SMILES string of the molecule is Cc1cccc(C2=Cc3ccccc3NC2)n1. The number of anilines is 1.